The van der Waals surface area contributed by atoms with Gasteiger partial charge in [-0.25, -0.2) is 0 Å². The van der Waals surface area contributed by atoms with Crippen LogP contribution in [0.3, 0.4) is 0 Å². The van der Waals surface area contributed by atoms with E-state index in [-0.39, 0.29) is 12.3 Å². The second-order valence-electron chi connectivity index (χ2n) is 3.06. The first-order valence-corrected chi connectivity index (χ1v) is 4.21. The summed E-state index contributed by atoms with van der Waals surface area (Å²) in [6, 6.07) is 0. The quantitative estimate of drug-likeness (QED) is 0.514. The van der Waals surface area contributed by atoms with Crippen molar-refractivity contribution in [3.05, 3.63) is 0 Å². The van der Waals surface area contributed by atoms with E-state index < -0.39 is 12.2 Å². The summed E-state index contributed by atoms with van der Waals surface area (Å²) in [5.74, 6) is -0.818. The van der Waals surface area contributed by atoms with Crippen LogP contribution in [0.4, 0.5) is 0 Å². The highest BCUT2D eigenvalue weighted by Gasteiger charge is 2.14. The van der Waals surface area contributed by atoms with E-state index in [1.54, 1.807) is 0 Å². The van der Waals surface area contributed by atoms with Crippen LogP contribution in [-0.2, 0) is 4.79 Å². The molecule has 0 aromatic carbocycles. The van der Waals surface area contributed by atoms with Gasteiger partial charge in [0.05, 0.1) is 0 Å². The van der Waals surface area contributed by atoms with Gasteiger partial charge in [0.1, 0.15) is 6.23 Å². The minimum Gasteiger partial charge on any atom is -0.481 e. The zero-order chi connectivity index (χ0) is 9.56. The van der Waals surface area contributed by atoms with Crippen LogP contribution >= 0.6 is 0 Å². The second-order valence-corrected chi connectivity index (χ2v) is 3.06. The number of hydrogen-bond acceptors (Lipinski definition) is 3. The Morgan fingerprint density at radius 3 is 2.50 bits per heavy atom. The van der Waals surface area contributed by atoms with Crippen LogP contribution in [0, 0.1) is 5.92 Å². The highest BCUT2D eigenvalue weighted by Crippen LogP contribution is 2.16. The molecular weight excluding hydrogens is 158 g/mol. The maximum absolute atomic E-state index is 10.3. The van der Waals surface area contributed by atoms with Crippen LogP contribution in [0.15, 0.2) is 0 Å². The average molecular weight is 175 g/mol. The van der Waals surface area contributed by atoms with Crippen molar-refractivity contribution in [1.82, 2.24) is 0 Å². The van der Waals surface area contributed by atoms with Crippen LogP contribution in [0.2, 0.25) is 0 Å². The largest absolute Gasteiger partial charge is 0.481 e. The number of aliphatic hydroxyl groups excluding tert-OH is 1. The Bertz CT molecular complexity index is 136. The van der Waals surface area contributed by atoms with E-state index in [2.05, 4.69) is 0 Å². The third kappa shape index (κ3) is 6.12. The van der Waals surface area contributed by atoms with Crippen LogP contribution in [0.25, 0.3) is 0 Å². The molecule has 0 aromatic rings. The van der Waals surface area contributed by atoms with Gasteiger partial charge in [0, 0.05) is 6.42 Å². The molecule has 4 N–H and O–H groups in total. The zero-order valence-electron chi connectivity index (χ0n) is 7.36. The summed E-state index contributed by atoms with van der Waals surface area (Å²) in [5.41, 5.74) is 5.16. The van der Waals surface area contributed by atoms with Crippen molar-refractivity contribution in [2.45, 2.75) is 38.8 Å². The predicted octanol–water partition coefficient (Wildman–Crippen LogP) is 0.545. The van der Waals surface area contributed by atoms with Crippen molar-refractivity contribution in [2.24, 2.45) is 11.7 Å². The Morgan fingerprint density at radius 2 is 2.17 bits per heavy atom. The van der Waals surface area contributed by atoms with Gasteiger partial charge in [-0.2, -0.15) is 0 Å². The molecule has 0 aliphatic rings. The predicted molar refractivity (Wildman–Crippen MR) is 45.5 cm³/mol. The van der Waals surface area contributed by atoms with Crippen LogP contribution in [0.1, 0.15) is 32.6 Å². The molecule has 0 saturated carbocycles. The normalized spacial score (nSPS) is 15.6. The molecular formula is C8H17NO3. The molecule has 2 atom stereocenters. The molecule has 0 radical (unpaired) electrons. The first-order chi connectivity index (χ1) is 5.56. The highest BCUT2D eigenvalue weighted by molar-refractivity contribution is 5.66. The Balaban J connectivity index is 3.77. The number of aliphatic carboxylic acids is 1. The van der Waals surface area contributed by atoms with E-state index in [0.29, 0.717) is 6.42 Å². The van der Waals surface area contributed by atoms with Gasteiger partial charge in [0.15, 0.2) is 0 Å². The number of carbonyl (C=O) groups is 1. The number of rotatable bonds is 6. The SMILES string of the molecule is CCCC(CC(=O)O)CC(N)O. The third-order valence-corrected chi connectivity index (χ3v) is 1.74. The first kappa shape index (κ1) is 11.4. The fraction of sp³-hybridized carbons (Fsp3) is 0.875. The molecule has 0 bridgehead atoms. The van der Waals surface area contributed by atoms with Crippen LogP contribution in [0.5, 0.6) is 0 Å². The number of carboxylic acid groups (broad SMARTS) is 1. The number of carboxylic acids is 1. The van der Waals surface area contributed by atoms with E-state index >= 15 is 0 Å². The molecule has 4 nitrogen and oxygen atoms in total. The number of nitrogens with two attached hydrogens (primary N) is 1. The third-order valence-electron chi connectivity index (χ3n) is 1.74. The number of hydrogen-bond donors (Lipinski definition) is 3. The fourth-order valence-electron chi connectivity index (χ4n) is 1.30. The molecule has 12 heavy (non-hydrogen) atoms. The van der Waals surface area contributed by atoms with Crippen LogP contribution in [-0.4, -0.2) is 22.4 Å². The van der Waals surface area contributed by atoms with E-state index in [0.717, 1.165) is 12.8 Å². The first-order valence-electron chi connectivity index (χ1n) is 4.21. The maximum atomic E-state index is 10.3. The highest BCUT2D eigenvalue weighted by atomic mass is 16.4. The van der Waals surface area contributed by atoms with Gasteiger partial charge in [-0.3, -0.25) is 4.79 Å². The summed E-state index contributed by atoms with van der Waals surface area (Å²) in [4.78, 5) is 10.3. The Kier molecular flexibility index (Phi) is 5.66. The standard InChI is InChI=1S/C8H17NO3/c1-2-3-6(4-7(9)10)5-8(11)12/h6-7,10H,2-5,9H2,1H3,(H,11,12). The zero-order valence-corrected chi connectivity index (χ0v) is 7.36. The monoisotopic (exact) mass is 175 g/mol. The van der Waals surface area contributed by atoms with Crippen molar-refractivity contribution in [3.63, 3.8) is 0 Å². The van der Waals surface area contributed by atoms with Crippen molar-refractivity contribution in [3.8, 4) is 0 Å². The Hall–Kier alpha value is -0.610. The molecule has 0 aromatic heterocycles. The molecule has 0 heterocycles. The van der Waals surface area contributed by atoms with Gasteiger partial charge in [-0.15, -0.1) is 0 Å². The van der Waals surface area contributed by atoms with Crippen molar-refractivity contribution in [1.29, 1.82) is 0 Å². The molecule has 0 aliphatic heterocycles. The average Bonchev–Trinajstić information content (AvgIpc) is 1.84. The Labute approximate surface area is 72.4 Å². The second kappa shape index (κ2) is 5.97. The molecule has 0 aliphatic carbocycles. The summed E-state index contributed by atoms with van der Waals surface area (Å²) in [6.07, 6.45) is 1.31. The smallest absolute Gasteiger partial charge is 0.303 e. The lowest BCUT2D eigenvalue weighted by atomic mass is 9.95. The van der Waals surface area contributed by atoms with Gasteiger partial charge in [0.2, 0.25) is 0 Å². The molecule has 72 valence electrons. The molecule has 0 fully saturated rings. The van der Waals surface area contributed by atoms with Gasteiger partial charge < -0.3 is 15.9 Å². The summed E-state index contributed by atoms with van der Waals surface area (Å²) in [6.45, 7) is 1.98. The lowest BCUT2D eigenvalue weighted by Gasteiger charge is -2.14. The molecule has 0 rings (SSSR count). The molecule has 4 heteroatoms. The minimum absolute atomic E-state index is 0.00694. The minimum atomic E-state index is -0.888. The van der Waals surface area contributed by atoms with Crippen molar-refractivity contribution < 1.29 is 15.0 Å². The van der Waals surface area contributed by atoms with E-state index in [9.17, 15) is 4.79 Å². The maximum Gasteiger partial charge on any atom is 0.303 e. The van der Waals surface area contributed by atoms with E-state index in [1.807, 2.05) is 6.92 Å². The van der Waals surface area contributed by atoms with Gasteiger partial charge in [0.25, 0.3) is 0 Å². The van der Waals surface area contributed by atoms with E-state index in [4.69, 9.17) is 15.9 Å². The lowest BCUT2D eigenvalue weighted by molar-refractivity contribution is -0.138. The molecule has 2 unspecified atom stereocenters. The summed E-state index contributed by atoms with van der Waals surface area (Å²) < 4.78 is 0. The lowest BCUT2D eigenvalue weighted by Crippen LogP contribution is -2.24. The van der Waals surface area contributed by atoms with Crippen LogP contribution < -0.4 is 5.73 Å². The summed E-state index contributed by atoms with van der Waals surface area (Å²) >= 11 is 0. The van der Waals surface area contributed by atoms with Crippen molar-refractivity contribution >= 4 is 5.97 Å². The van der Waals surface area contributed by atoms with Gasteiger partial charge in [-0.05, 0) is 12.3 Å². The van der Waals surface area contributed by atoms with E-state index in [1.165, 1.54) is 0 Å². The molecule has 0 spiro atoms. The Morgan fingerprint density at radius 1 is 1.58 bits per heavy atom. The summed E-state index contributed by atoms with van der Waals surface area (Å²) in [5, 5.41) is 17.3. The fourth-order valence-corrected chi connectivity index (χ4v) is 1.30. The van der Waals surface area contributed by atoms with Crippen molar-refractivity contribution in [2.75, 3.05) is 0 Å². The number of aliphatic hydroxyl groups is 1. The topological polar surface area (TPSA) is 83.5 Å². The van der Waals surface area contributed by atoms with Gasteiger partial charge in [-0.1, -0.05) is 19.8 Å². The summed E-state index contributed by atoms with van der Waals surface area (Å²) in [7, 11) is 0. The molecule has 0 amide bonds. The van der Waals surface area contributed by atoms with Gasteiger partial charge >= 0.3 is 5.97 Å². The molecule has 0 saturated heterocycles.